The third kappa shape index (κ3) is 3.40. The van der Waals surface area contributed by atoms with Crippen molar-refractivity contribution in [2.45, 2.75) is 90.1 Å². The lowest BCUT2D eigenvalue weighted by Gasteiger charge is -2.42. The zero-order valence-corrected chi connectivity index (χ0v) is 19.2. The molecule has 6 saturated carbocycles. The van der Waals surface area contributed by atoms with E-state index in [4.69, 9.17) is 14.2 Å². The van der Waals surface area contributed by atoms with Gasteiger partial charge in [0.05, 0.1) is 12.0 Å². The van der Waals surface area contributed by atoms with E-state index in [0.29, 0.717) is 23.9 Å². The highest BCUT2D eigenvalue weighted by Crippen LogP contribution is 2.69. The molecule has 174 valence electrons. The van der Waals surface area contributed by atoms with E-state index in [0.717, 1.165) is 48.9 Å². The number of ether oxygens (including phenoxy) is 3. The molecule has 5 heteroatoms. The largest absolute Gasteiger partial charge is 0.462 e. The number of hydrogen-bond acceptors (Lipinski definition) is 5. The molecule has 0 aliphatic heterocycles. The van der Waals surface area contributed by atoms with Gasteiger partial charge in [-0.25, -0.2) is 0 Å². The van der Waals surface area contributed by atoms with E-state index in [-0.39, 0.29) is 30.7 Å². The molecule has 6 aliphatic carbocycles. The first-order valence-corrected chi connectivity index (χ1v) is 13.1. The Kier molecular flexibility index (Phi) is 5.39. The Balaban J connectivity index is 1.04. The van der Waals surface area contributed by atoms with Gasteiger partial charge in [-0.15, -0.1) is 0 Å². The lowest BCUT2D eigenvalue weighted by atomic mass is 9.66. The van der Waals surface area contributed by atoms with Crippen LogP contribution < -0.4 is 0 Å². The molecular weight excluding hydrogens is 392 g/mol. The molecule has 13 atom stereocenters. The van der Waals surface area contributed by atoms with Crippen LogP contribution in [0, 0.1) is 59.2 Å². The van der Waals surface area contributed by atoms with E-state index in [1.165, 1.54) is 38.5 Å². The fourth-order valence-corrected chi connectivity index (χ4v) is 9.20. The summed E-state index contributed by atoms with van der Waals surface area (Å²) in [6, 6.07) is 0. The average molecular weight is 433 g/mol. The second kappa shape index (κ2) is 7.99. The van der Waals surface area contributed by atoms with Gasteiger partial charge in [-0.05, 0) is 105 Å². The summed E-state index contributed by atoms with van der Waals surface area (Å²) in [7, 11) is 0. The van der Waals surface area contributed by atoms with E-state index < -0.39 is 6.29 Å². The lowest BCUT2D eigenvalue weighted by molar-refractivity contribution is -0.220. The molecule has 6 rings (SSSR count). The molecule has 0 radical (unpaired) electrons. The highest BCUT2D eigenvalue weighted by Gasteiger charge is 2.66. The molecule has 0 saturated heterocycles. The Hall–Kier alpha value is -0.650. The summed E-state index contributed by atoms with van der Waals surface area (Å²) in [5, 5.41) is 10.9. The molecule has 1 N–H and O–H groups in total. The van der Waals surface area contributed by atoms with Crippen molar-refractivity contribution in [3.63, 3.8) is 0 Å². The number of aliphatic hydroxyl groups is 1. The predicted octanol–water partition coefficient (Wildman–Crippen LogP) is 4.37. The van der Waals surface area contributed by atoms with Crippen LogP contribution in [0.4, 0.5) is 0 Å². The summed E-state index contributed by atoms with van der Waals surface area (Å²) >= 11 is 0. The van der Waals surface area contributed by atoms with E-state index >= 15 is 0 Å². The maximum Gasteiger partial charge on any atom is 0.308 e. The number of carbonyl (C=O) groups is 1. The van der Waals surface area contributed by atoms with Crippen molar-refractivity contribution in [2.75, 3.05) is 6.79 Å². The Morgan fingerprint density at radius 1 is 0.935 bits per heavy atom. The molecule has 31 heavy (non-hydrogen) atoms. The highest BCUT2D eigenvalue weighted by atomic mass is 16.7. The zero-order valence-electron chi connectivity index (χ0n) is 19.2. The molecular formula is C26H40O5. The van der Waals surface area contributed by atoms with Crippen LogP contribution >= 0.6 is 0 Å². The highest BCUT2D eigenvalue weighted by molar-refractivity contribution is 5.72. The molecule has 6 bridgehead atoms. The first kappa shape index (κ1) is 20.9. The van der Waals surface area contributed by atoms with Crippen LogP contribution in [0.2, 0.25) is 0 Å². The van der Waals surface area contributed by atoms with Crippen molar-refractivity contribution < 1.29 is 24.1 Å². The van der Waals surface area contributed by atoms with Crippen LogP contribution in [-0.4, -0.2) is 36.4 Å². The van der Waals surface area contributed by atoms with Gasteiger partial charge in [0.15, 0.2) is 6.29 Å². The van der Waals surface area contributed by atoms with Gasteiger partial charge in [0.2, 0.25) is 0 Å². The Morgan fingerprint density at radius 3 is 2.48 bits per heavy atom. The number of rotatable bonds is 8. The summed E-state index contributed by atoms with van der Waals surface area (Å²) in [6.45, 7) is 4.25. The third-order valence-electron chi connectivity index (χ3n) is 10.7. The minimum absolute atomic E-state index is 0.00648. The van der Waals surface area contributed by atoms with Crippen LogP contribution in [0.5, 0.6) is 0 Å². The molecule has 0 spiro atoms. The first-order valence-electron chi connectivity index (χ1n) is 13.1. The van der Waals surface area contributed by atoms with Gasteiger partial charge in [-0.1, -0.05) is 13.8 Å². The van der Waals surface area contributed by atoms with Crippen LogP contribution in [0.25, 0.3) is 0 Å². The second-order valence-corrected chi connectivity index (χ2v) is 11.9. The lowest BCUT2D eigenvalue weighted by Crippen LogP contribution is -2.43. The maximum absolute atomic E-state index is 12.4. The summed E-state index contributed by atoms with van der Waals surface area (Å²) in [5.74, 6) is 5.66. The number of carbonyl (C=O) groups excluding carboxylic acids is 1. The monoisotopic (exact) mass is 432 g/mol. The smallest absolute Gasteiger partial charge is 0.308 e. The second-order valence-electron chi connectivity index (χ2n) is 11.9. The van der Waals surface area contributed by atoms with E-state index in [2.05, 4.69) is 0 Å². The molecule has 6 fully saturated rings. The summed E-state index contributed by atoms with van der Waals surface area (Å²) < 4.78 is 17.9. The molecule has 0 aromatic carbocycles. The van der Waals surface area contributed by atoms with Crippen molar-refractivity contribution in [2.24, 2.45) is 59.2 Å². The van der Waals surface area contributed by atoms with E-state index in [9.17, 15) is 9.90 Å². The fraction of sp³-hybridized carbons (Fsp3) is 0.962. The van der Waals surface area contributed by atoms with Gasteiger partial charge >= 0.3 is 5.97 Å². The SMILES string of the molecule is CCC(C)C(=O)OC1CC2CC1C1C3CC(CC3C(O)OCOC3CC4CCC3C4)C21. The van der Waals surface area contributed by atoms with Gasteiger partial charge in [-0.3, -0.25) is 4.79 Å². The maximum atomic E-state index is 12.4. The third-order valence-corrected chi connectivity index (χ3v) is 10.7. The van der Waals surface area contributed by atoms with Crippen LogP contribution in [0.3, 0.4) is 0 Å². The van der Waals surface area contributed by atoms with Crippen molar-refractivity contribution >= 4 is 5.97 Å². The topological polar surface area (TPSA) is 65.0 Å². The van der Waals surface area contributed by atoms with Crippen LogP contribution in [0.15, 0.2) is 0 Å². The zero-order chi connectivity index (χ0) is 21.3. The summed E-state index contributed by atoms with van der Waals surface area (Å²) in [4.78, 5) is 12.4. The summed E-state index contributed by atoms with van der Waals surface area (Å²) in [5.41, 5.74) is 0. The molecule has 0 heterocycles. The van der Waals surface area contributed by atoms with Crippen molar-refractivity contribution in [1.82, 2.24) is 0 Å². The standard InChI is InChI=1S/C26H40O5/c1-3-13(2)25(27)31-22-11-17-10-20(22)24-18-8-16(23(17)24)9-19(18)26(28)30-12-29-21-7-14-4-5-15(21)6-14/h13-24,26,28H,3-12H2,1-2H3. The number of hydrogen-bond donors (Lipinski definition) is 1. The molecule has 5 nitrogen and oxygen atoms in total. The number of fused-ring (bicyclic) bond motifs is 11. The van der Waals surface area contributed by atoms with E-state index in [1.54, 1.807) is 0 Å². The van der Waals surface area contributed by atoms with Crippen LogP contribution in [0.1, 0.15) is 71.6 Å². The van der Waals surface area contributed by atoms with E-state index in [1.807, 2.05) is 13.8 Å². The molecule has 13 unspecified atom stereocenters. The number of esters is 1. The first-order chi connectivity index (χ1) is 15.0. The van der Waals surface area contributed by atoms with Crippen molar-refractivity contribution in [1.29, 1.82) is 0 Å². The van der Waals surface area contributed by atoms with Crippen molar-refractivity contribution in [3.8, 4) is 0 Å². The van der Waals surface area contributed by atoms with Gasteiger partial charge in [-0.2, -0.15) is 0 Å². The van der Waals surface area contributed by atoms with Gasteiger partial charge in [0.1, 0.15) is 12.9 Å². The fourth-order valence-electron chi connectivity index (χ4n) is 9.20. The Bertz CT molecular complexity index is 695. The minimum Gasteiger partial charge on any atom is -0.462 e. The van der Waals surface area contributed by atoms with Crippen LogP contribution in [-0.2, 0) is 19.0 Å². The number of aliphatic hydroxyl groups excluding tert-OH is 1. The van der Waals surface area contributed by atoms with Gasteiger partial charge in [0.25, 0.3) is 0 Å². The van der Waals surface area contributed by atoms with Gasteiger partial charge in [0, 0.05) is 5.92 Å². The minimum atomic E-state index is -0.713. The quantitative estimate of drug-likeness (QED) is 0.350. The van der Waals surface area contributed by atoms with Crippen molar-refractivity contribution in [3.05, 3.63) is 0 Å². The van der Waals surface area contributed by atoms with Gasteiger partial charge < -0.3 is 19.3 Å². The summed E-state index contributed by atoms with van der Waals surface area (Å²) in [6.07, 6.45) is 10.4. The molecule has 0 amide bonds. The molecule has 6 aliphatic rings. The normalized spacial score (nSPS) is 50.7. The Labute approximate surface area is 186 Å². The molecule has 0 aromatic heterocycles. The Morgan fingerprint density at radius 2 is 1.74 bits per heavy atom. The molecule has 0 aromatic rings. The average Bonchev–Trinajstić information content (AvgIpc) is 3.59. The predicted molar refractivity (Wildman–Crippen MR) is 115 cm³/mol.